The lowest BCUT2D eigenvalue weighted by molar-refractivity contribution is 0.0884. The van der Waals surface area contributed by atoms with Gasteiger partial charge in [0.1, 0.15) is 11.7 Å². The molecule has 0 saturated heterocycles. The van der Waals surface area contributed by atoms with Gasteiger partial charge in [0.05, 0.1) is 12.8 Å². The van der Waals surface area contributed by atoms with E-state index < -0.39 is 0 Å². The SMILES string of the molecule is O=C(NC1CCC(Oc2ccccn2)CC1)c1cnn2c1OCCC2. The topological polar surface area (TPSA) is 78.3 Å². The number of nitrogens with one attached hydrogen (secondary N) is 1. The van der Waals surface area contributed by atoms with Crippen molar-refractivity contribution in [3.8, 4) is 11.8 Å². The van der Waals surface area contributed by atoms with Crippen molar-refractivity contribution in [2.45, 2.75) is 50.8 Å². The third-order valence-corrected chi connectivity index (χ3v) is 4.72. The zero-order valence-electron chi connectivity index (χ0n) is 14.1. The lowest BCUT2D eigenvalue weighted by Crippen LogP contribution is -2.39. The number of aromatic nitrogens is 3. The van der Waals surface area contributed by atoms with E-state index >= 15 is 0 Å². The number of rotatable bonds is 4. The molecule has 1 fully saturated rings. The summed E-state index contributed by atoms with van der Waals surface area (Å²) in [6.07, 6.45) is 8.03. The van der Waals surface area contributed by atoms with Crippen molar-refractivity contribution in [3.05, 3.63) is 36.2 Å². The van der Waals surface area contributed by atoms with Crippen LogP contribution in [0.5, 0.6) is 11.8 Å². The molecule has 1 aliphatic carbocycles. The first-order valence-corrected chi connectivity index (χ1v) is 8.87. The number of carbonyl (C=O) groups is 1. The van der Waals surface area contributed by atoms with E-state index in [1.165, 1.54) is 0 Å². The number of fused-ring (bicyclic) bond motifs is 1. The Labute approximate surface area is 146 Å². The van der Waals surface area contributed by atoms with Gasteiger partial charge in [0.2, 0.25) is 11.8 Å². The molecule has 4 rings (SSSR count). The maximum Gasteiger partial charge on any atom is 0.258 e. The highest BCUT2D eigenvalue weighted by Crippen LogP contribution is 2.25. The molecule has 7 nitrogen and oxygen atoms in total. The van der Waals surface area contributed by atoms with Gasteiger partial charge in [0.25, 0.3) is 5.91 Å². The van der Waals surface area contributed by atoms with Crippen LogP contribution in [0.3, 0.4) is 0 Å². The van der Waals surface area contributed by atoms with E-state index in [0.29, 0.717) is 23.9 Å². The van der Waals surface area contributed by atoms with E-state index in [9.17, 15) is 4.79 Å². The molecule has 2 aromatic rings. The highest BCUT2D eigenvalue weighted by Gasteiger charge is 2.27. The van der Waals surface area contributed by atoms with Crippen molar-refractivity contribution in [1.29, 1.82) is 0 Å². The lowest BCUT2D eigenvalue weighted by Gasteiger charge is -2.29. The van der Waals surface area contributed by atoms with Crippen LogP contribution in [0.1, 0.15) is 42.5 Å². The second kappa shape index (κ2) is 7.13. The average Bonchev–Trinajstić information content (AvgIpc) is 3.08. The van der Waals surface area contributed by atoms with Crippen molar-refractivity contribution >= 4 is 5.91 Å². The molecule has 1 N–H and O–H groups in total. The average molecular weight is 342 g/mol. The molecule has 0 radical (unpaired) electrons. The van der Waals surface area contributed by atoms with Crippen LogP contribution in [0.2, 0.25) is 0 Å². The molecule has 1 saturated carbocycles. The van der Waals surface area contributed by atoms with Crippen LogP contribution in [0.25, 0.3) is 0 Å². The summed E-state index contributed by atoms with van der Waals surface area (Å²) in [5.74, 6) is 1.16. The molecule has 0 unspecified atom stereocenters. The Morgan fingerprint density at radius 2 is 2.16 bits per heavy atom. The molecule has 3 heterocycles. The molecular formula is C18H22N4O3. The van der Waals surface area contributed by atoms with Gasteiger partial charge < -0.3 is 14.8 Å². The number of ether oxygens (including phenoxy) is 2. The highest BCUT2D eigenvalue weighted by molar-refractivity contribution is 5.96. The second-order valence-corrected chi connectivity index (χ2v) is 6.52. The lowest BCUT2D eigenvalue weighted by atomic mass is 9.93. The van der Waals surface area contributed by atoms with Crippen molar-refractivity contribution < 1.29 is 14.3 Å². The Balaban J connectivity index is 1.30. The number of hydrogen-bond donors (Lipinski definition) is 1. The maximum absolute atomic E-state index is 12.5. The van der Waals surface area contributed by atoms with Crippen LogP contribution in [0.15, 0.2) is 30.6 Å². The van der Waals surface area contributed by atoms with Gasteiger partial charge in [0.15, 0.2) is 0 Å². The zero-order valence-corrected chi connectivity index (χ0v) is 14.1. The quantitative estimate of drug-likeness (QED) is 0.921. The fraction of sp³-hybridized carbons (Fsp3) is 0.500. The van der Waals surface area contributed by atoms with E-state index in [1.807, 2.05) is 18.2 Å². The Morgan fingerprint density at radius 1 is 1.28 bits per heavy atom. The van der Waals surface area contributed by atoms with E-state index in [4.69, 9.17) is 9.47 Å². The molecule has 2 aliphatic rings. The predicted molar refractivity (Wildman–Crippen MR) is 90.7 cm³/mol. The molecule has 0 atom stereocenters. The first kappa shape index (κ1) is 15.9. The fourth-order valence-electron chi connectivity index (χ4n) is 3.40. The smallest absolute Gasteiger partial charge is 0.258 e. The van der Waals surface area contributed by atoms with E-state index in [1.54, 1.807) is 17.1 Å². The number of hydrogen-bond acceptors (Lipinski definition) is 5. The Hall–Kier alpha value is -2.57. The summed E-state index contributed by atoms with van der Waals surface area (Å²) in [6.45, 7) is 1.44. The number of pyridine rings is 1. The second-order valence-electron chi connectivity index (χ2n) is 6.52. The first-order chi connectivity index (χ1) is 12.3. The summed E-state index contributed by atoms with van der Waals surface area (Å²) >= 11 is 0. The summed E-state index contributed by atoms with van der Waals surface area (Å²) in [7, 11) is 0. The highest BCUT2D eigenvalue weighted by atomic mass is 16.5. The molecule has 2 aromatic heterocycles. The van der Waals surface area contributed by atoms with Crippen molar-refractivity contribution in [2.24, 2.45) is 0 Å². The van der Waals surface area contributed by atoms with Crippen LogP contribution in [0, 0.1) is 0 Å². The molecule has 132 valence electrons. The van der Waals surface area contributed by atoms with Gasteiger partial charge >= 0.3 is 0 Å². The molecule has 7 heteroatoms. The minimum atomic E-state index is -0.0998. The molecule has 1 amide bonds. The summed E-state index contributed by atoms with van der Waals surface area (Å²) in [5, 5.41) is 7.35. The molecule has 1 aliphatic heterocycles. The number of aryl methyl sites for hydroxylation is 1. The van der Waals surface area contributed by atoms with Gasteiger partial charge in [-0.05, 0) is 31.7 Å². The van der Waals surface area contributed by atoms with E-state index in [2.05, 4.69) is 15.4 Å². The molecule has 0 aromatic carbocycles. The molecule has 0 bridgehead atoms. The van der Waals surface area contributed by atoms with Crippen LogP contribution >= 0.6 is 0 Å². The van der Waals surface area contributed by atoms with E-state index in [-0.39, 0.29) is 18.1 Å². The fourth-order valence-corrected chi connectivity index (χ4v) is 3.40. The van der Waals surface area contributed by atoms with Crippen LogP contribution in [-0.4, -0.2) is 39.4 Å². The van der Waals surface area contributed by atoms with Gasteiger partial charge in [-0.1, -0.05) is 6.07 Å². The number of carbonyl (C=O) groups excluding carboxylic acids is 1. The third kappa shape index (κ3) is 3.60. The number of amides is 1. The minimum absolute atomic E-state index is 0.0998. The number of nitrogens with zero attached hydrogens (tertiary/aromatic N) is 3. The third-order valence-electron chi connectivity index (χ3n) is 4.72. The largest absolute Gasteiger partial charge is 0.477 e. The van der Waals surface area contributed by atoms with E-state index in [0.717, 1.165) is 38.6 Å². The van der Waals surface area contributed by atoms with Gasteiger partial charge in [-0.3, -0.25) is 4.79 Å². The normalized spacial score (nSPS) is 22.6. The van der Waals surface area contributed by atoms with Crippen molar-refractivity contribution in [1.82, 2.24) is 20.1 Å². The van der Waals surface area contributed by atoms with Crippen LogP contribution in [-0.2, 0) is 6.54 Å². The Morgan fingerprint density at radius 3 is 2.96 bits per heavy atom. The molecular weight excluding hydrogens is 320 g/mol. The minimum Gasteiger partial charge on any atom is -0.477 e. The standard InChI is InChI=1S/C18H22N4O3/c23-17(15-12-20-22-10-3-11-24-18(15)22)21-13-5-7-14(8-6-13)25-16-4-1-2-9-19-16/h1-2,4,9,12-14H,3,5-8,10-11H2,(H,21,23). The van der Waals surface area contributed by atoms with Crippen molar-refractivity contribution in [3.63, 3.8) is 0 Å². The van der Waals surface area contributed by atoms with Gasteiger partial charge in [0, 0.05) is 31.3 Å². The van der Waals surface area contributed by atoms with Crippen molar-refractivity contribution in [2.75, 3.05) is 6.61 Å². The summed E-state index contributed by atoms with van der Waals surface area (Å²) in [4.78, 5) is 16.7. The zero-order chi connectivity index (χ0) is 17.1. The maximum atomic E-state index is 12.5. The Kier molecular flexibility index (Phi) is 4.54. The van der Waals surface area contributed by atoms with Gasteiger partial charge in [-0.15, -0.1) is 0 Å². The Bertz CT molecular complexity index is 723. The predicted octanol–water partition coefficient (Wildman–Crippen LogP) is 2.18. The summed E-state index contributed by atoms with van der Waals surface area (Å²) < 4.78 is 13.3. The molecule has 0 spiro atoms. The van der Waals surface area contributed by atoms with Crippen LogP contribution < -0.4 is 14.8 Å². The van der Waals surface area contributed by atoms with Gasteiger partial charge in [-0.25, -0.2) is 9.67 Å². The summed E-state index contributed by atoms with van der Waals surface area (Å²) in [6, 6.07) is 5.83. The van der Waals surface area contributed by atoms with Crippen LogP contribution in [0.4, 0.5) is 0 Å². The monoisotopic (exact) mass is 342 g/mol. The summed E-state index contributed by atoms with van der Waals surface area (Å²) in [5.41, 5.74) is 0.534. The van der Waals surface area contributed by atoms with Gasteiger partial charge in [-0.2, -0.15) is 5.10 Å². The first-order valence-electron chi connectivity index (χ1n) is 8.87. The molecule has 25 heavy (non-hydrogen) atoms.